The van der Waals surface area contributed by atoms with Crippen molar-refractivity contribution in [1.82, 2.24) is 15.0 Å². The number of nitrogens with zero attached hydrogens (tertiary/aromatic N) is 4. The molecule has 0 aliphatic heterocycles. The van der Waals surface area contributed by atoms with Crippen molar-refractivity contribution in [3.05, 3.63) is 188 Å². The molecule has 1 aromatic heterocycles. The summed E-state index contributed by atoms with van der Waals surface area (Å²) in [6.45, 7) is 0. The van der Waals surface area contributed by atoms with Crippen molar-refractivity contribution in [3.8, 4) is 84.7 Å². The molecule has 11 rings (SSSR count). The van der Waals surface area contributed by atoms with Gasteiger partial charge >= 0.3 is 0 Å². The van der Waals surface area contributed by atoms with Crippen LogP contribution in [0.5, 0.6) is 0 Å². The van der Waals surface area contributed by atoms with Crippen LogP contribution in [0.25, 0.3) is 111 Å². The van der Waals surface area contributed by atoms with Gasteiger partial charge in [-0.25, -0.2) is 15.0 Å². The van der Waals surface area contributed by atoms with Gasteiger partial charge in [0.05, 0.1) is 11.6 Å². The smallest absolute Gasteiger partial charge is 0.164 e. The molecular weight excluding hydrogens is 681 g/mol. The van der Waals surface area contributed by atoms with E-state index in [1.165, 1.54) is 33.0 Å². The fourth-order valence-corrected chi connectivity index (χ4v) is 8.65. The Morgan fingerprint density at radius 1 is 0.286 bits per heavy atom. The van der Waals surface area contributed by atoms with Crippen LogP contribution in [0, 0.1) is 11.3 Å². The van der Waals surface area contributed by atoms with Crippen LogP contribution in [0.1, 0.15) is 5.56 Å². The number of aromatic nitrogens is 3. The third-order valence-corrected chi connectivity index (χ3v) is 11.2. The van der Waals surface area contributed by atoms with Crippen molar-refractivity contribution < 1.29 is 0 Å². The van der Waals surface area contributed by atoms with Gasteiger partial charge in [-0.15, -0.1) is 0 Å². The highest BCUT2D eigenvalue weighted by atomic mass is 15.0. The maximum atomic E-state index is 10.0. The van der Waals surface area contributed by atoms with E-state index >= 15 is 0 Å². The highest BCUT2D eigenvalue weighted by Gasteiger charge is 2.26. The molecule has 0 fully saturated rings. The average Bonchev–Trinajstić information content (AvgIpc) is 3.60. The van der Waals surface area contributed by atoms with Crippen LogP contribution in [0.4, 0.5) is 0 Å². The van der Waals surface area contributed by atoms with Crippen LogP contribution in [0.3, 0.4) is 0 Å². The zero-order chi connectivity index (χ0) is 37.2. The Balaban J connectivity index is 1.19. The molecule has 0 saturated heterocycles. The molecule has 0 atom stereocenters. The van der Waals surface area contributed by atoms with Crippen molar-refractivity contribution in [3.63, 3.8) is 0 Å². The molecule has 0 bridgehead atoms. The zero-order valence-corrected chi connectivity index (χ0v) is 30.1. The Bertz CT molecular complexity index is 3170. The van der Waals surface area contributed by atoms with Gasteiger partial charge in [-0.3, -0.25) is 0 Å². The first kappa shape index (κ1) is 31.8. The SMILES string of the molecule is N#Cc1ccc(-c2ccc3c4c(ccc(-c5cccc6c(-c7nc(-c8ccccc8)nc(-c8ccccc8)n7)cccc56)c24)-c2ccccc2-3)c2ccccc12. The molecule has 0 saturated carbocycles. The Morgan fingerprint density at radius 2 is 0.661 bits per heavy atom. The highest BCUT2D eigenvalue weighted by Crippen LogP contribution is 2.53. The van der Waals surface area contributed by atoms with E-state index < -0.39 is 0 Å². The second-order valence-electron chi connectivity index (χ2n) is 14.2. The van der Waals surface area contributed by atoms with E-state index in [9.17, 15) is 5.26 Å². The van der Waals surface area contributed by atoms with Gasteiger partial charge in [0.25, 0.3) is 0 Å². The van der Waals surface area contributed by atoms with Gasteiger partial charge < -0.3 is 0 Å². The summed E-state index contributed by atoms with van der Waals surface area (Å²) in [5.41, 5.74) is 13.0. The molecule has 0 unspecified atom stereocenters. The van der Waals surface area contributed by atoms with Gasteiger partial charge in [-0.05, 0) is 77.5 Å². The van der Waals surface area contributed by atoms with Crippen molar-refractivity contribution in [2.24, 2.45) is 0 Å². The molecular formula is C52H30N4. The van der Waals surface area contributed by atoms with Gasteiger partial charge in [0.2, 0.25) is 0 Å². The summed E-state index contributed by atoms with van der Waals surface area (Å²) in [6, 6.07) is 65.8. The van der Waals surface area contributed by atoms with Crippen LogP contribution >= 0.6 is 0 Å². The number of benzene rings is 9. The molecule has 0 spiro atoms. The normalized spacial score (nSPS) is 11.6. The minimum atomic E-state index is 0.626. The van der Waals surface area contributed by atoms with Crippen molar-refractivity contribution in [1.29, 1.82) is 5.26 Å². The van der Waals surface area contributed by atoms with Crippen LogP contribution in [-0.4, -0.2) is 15.0 Å². The summed E-state index contributed by atoms with van der Waals surface area (Å²) in [5, 5.41) is 16.7. The molecule has 1 aliphatic carbocycles. The Kier molecular flexibility index (Phi) is 7.20. The summed E-state index contributed by atoms with van der Waals surface area (Å²) in [5.74, 6) is 1.89. The van der Waals surface area contributed by atoms with E-state index in [0.29, 0.717) is 23.0 Å². The summed E-state index contributed by atoms with van der Waals surface area (Å²) >= 11 is 0. The van der Waals surface area contributed by atoms with Crippen LogP contribution in [0.2, 0.25) is 0 Å². The van der Waals surface area contributed by atoms with Gasteiger partial charge in [0.1, 0.15) is 0 Å². The van der Waals surface area contributed by atoms with E-state index in [4.69, 9.17) is 15.0 Å². The van der Waals surface area contributed by atoms with Crippen LogP contribution < -0.4 is 0 Å². The third-order valence-electron chi connectivity index (χ3n) is 11.2. The number of nitriles is 1. The fraction of sp³-hybridized carbons (Fsp3) is 0. The number of rotatable bonds is 5. The molecule has 56 heavy (non-hydrogen) atoms. The van der Waals surface area contributed by atoms with E-state index in [-0.39, 0.29) is 0 Å². The van der Waals surface area contributed by atoms with Crippen LogP contribution in [0.15, 0.2) is 182 Å². The monoisotopic (exact) mass is 710 g/mol. The molecule has 0 N–H and O–H groups in total. The third kappa shape index (κ3) is 4.89. The molecule has 4 heteroatoms. The maximum Gasteiger partial charge on any atom is 0.164 e. The lowest BCUT2D eigenvalue weighted by Gasteiger charge is -2.18. The van der Waals surface area contributed by atoms with Crippen molar-refractivity contribution >= 4 is 32.3 Å². The van der Waals surface area contributed by atoms with Gasteiger partial charge in [-0.2, -0.15) is 5.26 Å². The zero-order valence-electron chi connectivity index (χ0n) is 30.1. The number of hydrogen-bond donors (Lipinski definition) is 0. The van der Waals surface area contributed by atoms with E-state index in [0.717, 1.165) is 60.5 Å². The fourth-order valence-electron chi connectivity index (χ4n) is 8.65. The summed E-state index contributed by atoms with van der Waals surface area (Å²) in [4.78, 5) is 15.2. The summed E-state index contributed by atoms with van der Waals surface area (Å²) in [7, 11) is 0. The molecule has 4 nitrogen and oxygen atoms in total. The highest BCUT2D eigenvalue weighted by molar-refractivity contribution is 6.25. The standard InChI is InChI=1S/C52H30N4/c53-31-34-25-26-42(36-18-8-7-17-35(34)36)46-30-29-44-39-20-10-9-19-38(39)43-27-28-45(49(46)48(43)44)40-22-11-23-41-37(40)21-12-24-47(41)52-55-50(32-13-3-1-4-14-32)54-51(56-52)33-15-5-2-6-16-33/h1-30H. The van der Waals surface area contributed by atoms with E-state index in [2.05, 4.69) is 109 Å². The van der Waals surface area contributed by atoms with Gasteiger partial charge in [-0.1, -0.05) is 176 Å². The quantitative estimate of drug-likeness (QED) is 0.178. The minimum Gasteiger partial charge on any atom is -0.208 e. The van der Waals surface area contributed by atoms with Gasteiger partial charge in [0.15, 0.2) is 17.5 Å². The molecule has 258 valence electrons. The first-order valence-corrected chi connectivity index (χ1v) is 18.8. The lowest BCUT2D eigenvalue weighted by Crippen LogP contribution is -2.00. The molecule has 10 aromatic rings. The van der Waals surface area contributed by atoms with E-state index in [1.54, 1.807) is 0 Å². The lowest BCUT2D eigenvalue weighted by molar-refractivity contribution is 1.08. The Labute approximate surface area is 323 Å². The number of fused-ring (bicyclic) bond motifs is 5. The molecule has 0 amide bonds. The average molecular weight is 711 g/mol. The summed E-state index contributed by atoms with van der Waals surface area (Å²) < 4.78 is 0. The van der Waals surface area contributed by atoms with Crippen molar-refractivity contribution in [2.75, 3.05) is 0 Å². The predicted molar refractivity (Wildman–Crippen MR) is 229 cm³/mol. The maximum absolute atomic E-state index is 10.0. The topological polar surface area (TPSA) is 62.5 Å². The van der Waals surface area contributed by atoms with Gasteiger partial charge in [0, 0.05) is 22.1 Å². The second-order valence-corrected chi connectivity index (χ2v) is 14.2. The predicted octanol–water partition coefficient (Wildman–Crippen LogP) is 13.2. The van der Waals surface area contributed by atoms with E-state index in [1.807, 2.05) is 78.9 Å². The Hall–Kier alpha value is -7.74. The molecule has 1 aliphatic rings. The minimum absolute atomic E-state index is 0.626. The molecule has 9 aromatic carbocycles. The summed E-state index contributed by atoms with van der Waals surface area (Å²) in [6.07, 6.45) is 0. The first-order chi connectivity index (χ1) is 27.7. The van der Waals surface area contributed by atoms with Crippen LogP contribution in [-0.2, 0) is 0 Å². The first-order valence-electron chi connectivity index (χ1n) is 18.8. The molecule has 0 radical (unpaired) electrons. The number of hydrogen-bond acceptors (Lipinski definition) is 4. The second kappa shape index (κ2) is 12.7. The largest absolute Gasteiger partial charge is 0.208 e. The lowest BCUT2D eigenvalue weighted by atomic mass is 9.85. The Morgan fingerprint density at radius 3 is 1.23 bits per heavy atom. The molecule has 1 heterocycles. The van der Waals surface area contributed by atoms with Crippen molar-refractivity contribution in [2.45, 2.75) is 0 Å².